The molecule has 0 atom stereocenters. The predicted octanol–water partition coefficient (Wildman–Crippen LogP) is -2.73. The molecule has 0 N–H and O–H groups in total. The molecule has 2 nitrogen and oxygen atoms in total. The zero-order valence-corrected chi connectivity index (χ0v) is 7.27. The Labute approximate surface area is 59.9 Å². The molecule has 0 saturated carbocycles. The van der Waals surface area contributed by atoms with Crippen molar-refractivity contribution in [3.05, 3.63) is 0 Å². The molecule has 0 amide bonds. The third-order valence-electron chi connectivity index (χ3n) is 0.620. The number of alkyl halides is 2. The van der Waals surface area contributed by atoms with Crippen molar-refractivity contribution in [3.63, 3.8) is 0 Å². The van der Waals surface area contributed by atoms with Crippen LogP contribution in [0.15, 0.2) is 0 Å². The standard InChI is InChI=1S/C5H10IO2/c1-3-6-4-5(7)8-2/h3-4H2,1-2H3/q-1. The van der Waals surface area contributed by atoms with Gasteiger partial charge in [0.2, 0.25) is 0 Å². The topological polar surface area (TPSA) is 26.3 Å². The van der Waals surface area contributed by atoms with Gasteiger partial charge in [-0.15, -0.1) is 0 Å². The van der Waals surface area contributed by atoms with E-state index in [1.165, 1.54) is 7.11 Å². The molecule has 0 aliphatic carbocycles. The second-order valence-corrected chi connectivity index (χ2v) is 4.53. The summed E-state index contributed by atoms with van der Waals surface area (Å²) in [4.78, 5) is 10.4. The zero-order valence-electron chi connectivity index (χ0n) is 5.11. The molecule has 0 spiro atoms. The third kappa shape index (κ3) is 4.36. The molecule has 50 valence electrons. The second-order valence-electron chi connectivity index (χ2n) is 1.17. The molecule has 0 aromatic heterocycles. The molecule has 0 heterocycles. The van der Waals surface area contributed by atoms with Crippen LogP contribution in [0.4, 0.5) is 0 Å². The van der Waals surface area contributed by atoms with E-state index in [0.717, 1.165) is 4.43 Å². The van der Waals surface area contributed by atoms with Crippen molar-refractivity contribution in [1.29, 1.82) is 0 Å². The Balaban J connectivity index is 2.99. The SMILES string of the molecule is CC[I-]CC(=O)OC. The Hall–Kier alpha value is 0.200. The first kappa shape index (κ1) is 8.20. The Morgan fingerprint density at radius 1 is 1.75 bits per heavy atom. The predicted molar refractivity (Wildman–Crippen MR) is 27.4 cm³/mol. The number of esters is 1. The number of carbonyl (C=O) groups excluding carboxylic acids is 1. The average molecular weight is 229 g/mol. The molecule has 8 heavy (non-hydrogen) atoms. The number of ether oxygens (including phenoxy) is 1. The molecule has 0 aromatic rings. The quantitative estimate of drug-likeness (QED) is 0.298. The molecule has 0 rings (SSSR count). The van der Waals surface area contributed by atoms with Gasteiger partial charge in [-0.2, -0.15) is 0 Å². The summed E-state index contributed by atoms with van der Waals surface area (Å²) >= 11 is 0.107. The van der Waals surface area contributed by atoms with Gasteiger partial charge in [-0.3, -0.25) is 0 Å². The number of hydrogen-bond donors (Lipinski definition) is 0. The molecule has 0 saturated heterocycles. The van der Waals surface area contributed by atoms with Gasteiger partial charge in [-0.25, -0.2) is 0 Å². The summed E-state index contributed by atoms with van der Waals surface area (Å²) in [5, 5.41) is 0. The molecule has 0 aliphatic heterocycles. The summed E-state index contributed by atoms with van der Waals surface area (Å²) in [5.74, 6) is -0.0559. The summed E-state index contributed by atoms with van der Waals surface area (Å²) in [6.07, 6.45) is 0. The fraction of sp³-hybridized carbons (Fsp3) is 0.800. The first-order valence-electron chi connectivity index (χ1n) is 2.41. The van der Waals surface area contributed by atoms with Crippen LogP contribution in [0.1, 0.15) is 6.92 Å². The number of halogens is 1. The van der Waals surface area contributed by atoms with E-state index in [4.69, 9.17) is 0 Å². The summed E-state index contributed by atoms with van der Waals surface area (Å²) in [7, 11) is 1.43. The molecule has 0 fully saturated rings. The van der Waals surface area contributed by atoms with Gasteiger partial charge in [-0.05, 0) is 0 Å². The molecule has 0 aliphatic rings. The van der Waals surface area contributed by atoms with Crippen molar-refractivity contribution >= 4 is 5.97 Å². The van der Waals surface area contributed by atoms with E-state index in [2.05, 4.69) is 11.7 Å². The Morgan fingerprint density at radius 3 is 2.75 bits per heavy atom. The van der Waals surface area contributed by atoms with Crippen LogP contribution in [0.3, 0.4) is 0 Å². The fourth-order valence-corrected chi connectivity index (χ4v) is 1.52. The van der Waals surface area contributed by atoms with Crippen LogP contribution in [-0.2, 0) is 9.53 Å². The molecule has 0 bridgehead atoms. The van der Waals surface area contributed by atoms with Gasteiger partial charge in [-0.1, -0.05) is 0 Å². The van der Waals surface area contributed by atoms with E-state index >= 15 is 0 Å². The van der Waals surface area contributed by atoms with E-state index in [1.807, 2.05) is 0 Å². The maximum atomic E-state index is 10.4. The van der Waals surface area contributed by atoms with Crippen LogP contribution < -0.4 is 21.2 Å². The van der Waals surface area contributed by atoms with Crippen molar-refractivity contribution in [1.82, 2.24) is 0 Å². The van der Waals surface area contributed by atoms with Crippen LogP contribution >= 0.6 is 0 Å². The molecular formula is C5H10IO2-. The summed E-state index contributed by atoms with van der Waals surface area (Å²) < 4.78 is 6.27. The van der Waals surface area contributed by atoms with E-state index in [-0.39, 0.29) is 27.2 Å². The van der Waals surface area contributed by atoms with Gasteiger partial charge in [0.05, 0.1) is 0 Å². The van der Waals surface area contributed by atoms with Crippen molar-refractivity contribution in [3.8, 4) is 0 Å². The monoisotopic (exact) mass is 229 g/mol. The zero-order chi connectivity index (χ0) is 6.41. The Morgan fingerprint density at radius 2 is 2.38 bits per heavy atom. The van der Waals surface area contributed by atoms with Gasteiger partial charge in [0.15, 0.2) is 0 Å². The summed E-state index contributed by atoms with van der Waals surface area (Å²) in [6.45, 7) is 2.09. The summed E-state index contributed by atoms with van der Waals surface area (Å²) in [5.41, 5.74) is 0. The normalized spacial score (nSPS) is 9.25. The van der Waals surface area contributed by atoms with Gasteiger partial charge in [0.25, 0.3) is 0 Å². The van der Waals surface area contributed by atoms with Crippen molar-refractivity contribution < 1.29 is 30.7 Å². The molecule has 3 heteroatoms. The minimum absolute atomic E-state index is 0.0559. The third-order valence-corrected chi connectivity index (χ3v) is 2.86. The second kappa shape index (κ2) is 5.34. The molecule has 0 aromatic carbocycles. The maximum absolute atomic E-state index is 10.4. The first-order valence-corrected chi connectivity index (χ1v) is 5.46. The van der Waals surface area contributed by atoms with Crippen LogP contribution in [0.5, 0.6) is 0 Å². The number of carbonyl (C=O) groups is 1. The van der Waals surface area contributed by atoms with Gasteiger partial charge < -0.3 is 0 Å². The average Bonchev–Trinajstić information content (AvgIpc) is 1.83. The van der Waals surface area contributed by atoms with E-state index in [1.54, 1.807) is 0 Å². The van der Waals surface area contributed by atoms with Crippen molar-refractivity contribution in [2.45, 2.75) is 6.92 Å². The number of hydrogen-bond acceptors (Lipinski definition) is 2. The minimum atomic E-state index is -0.0559. The van der Waals surface area contributed by atoms with Crippen molar-refractivity contribution in [2.24, 2.45) is 0 Å². The number of methoxy groups -OCH3 is 1. The Kier molecular flexibility index (Phi) is 5.47. The molecule has 0 unspecified atom stereocenters. The van der Waals surface area contributed by atoms with Gasteiger partial charge in [0.1, 0.15) is 0 Å². The van der Waals surface area contributed by atoms with Crippen LogP contribution in [0, 0.1) is 0 Å². The van der Waals surface area contributed by atoms with Gasteiger partial charge in [0, 0.05) is 0 Å². The number of rotatable bonds is 3. The van der Waals surface area contributed by atoms with Crippen LogP contribution in [0.2, 0.25) is 0 Å². The molecule has 0 radical (unpaired) electrons. The van der Waals surface area contributed by atoms with E-state index in [9.17, 15) is 4.79 Å². The van der Waals surface area contributed by atoms with Crippen LogP contribution in [-0.4, -0.2) is 21.9 Å². The van der Waals surface area contributed by atoms with Crippen molar-refractivity contribution in [2.75, 3.05) is 16.0 Å². The Bertz CT molecular complexity index is 72.8. The van der Waals surface area contributed by atoms with E-state index in [0.29, 0.717) is 4.43 Å². The van der Waals surface area contributed by atoms with Gasteiger partial charge >= 0.3 is 59.6 Å². The fourth-order valence-electron chi connectivity index (χ4n) is 0.226. The van der Waals surface area contributed by atoms with E-state index < -0.39 is 0 Å². The van der Waals surface area contributed by atoms with Crippen LogP contribution in [0.25, 0.3) is 0 Å². The molecular weight excluding hydrogens is 219 g/mol. The first-order chi connectivity index (χ1) is 3.81. The summed E-state index contributed by atoms with van der Waals surface area (Å²) in [6, 6.07) is 0.